The molecule has 2 aromatic rings. The third-order valence-electron chi connectivity index (χ3n) is 3.04. The maximum atomic E-state index is 12.2. The van der Waals surface area contributed by atoms with Crippen LogP contribution in [0.4, 0.5) is 0 Å². The van der Waals surface area contributed by atoms with E-state index in [0.717, 1.165) is 17.0 Å². The molecule has 0 aliphatic carbocycles. The second-order valence-electron chi connectivity index (χ2n) is 4.58. The molecule has 0 saturated heterocycles. The van der Waals surface area contributed by atoms with Crippen LogP contribution in [0.3, 0.4) is 0 Å². The second-order valence-corrected chi connectivity index (χ2v) is 5.65. The SMILES string of the molecule is CCc1ccc(CN(C)C(=O)c2csc(C)n2)cc1. The van der Waals surface area contributed by atoms with Gasteiger partial charge in [-0.3, -0.25) is 4.79 Å². The van der Waals surface area contributed by atoms with Crippen LogP contribution < -0.4 is 0 Å². The fraction of sp³-hybridized carbons (Fsp3) is 0.333. The van der Waals surface area contributed by atoms with E-state index >= 15 is 0 Å². The van der Waals surface area contributed by atoms with Gasteiger partial charge in [0.05, 0.1) is 5.01 Å². The van der Waals surface area contributed by atoms with Crippen LogP contribution in [0.15, 0.2) is 29.6 Å². The highest BCUT2D eigenvalue weighted by Gasteiger charge is 2.14. The molecular weight excluding hydrogens is 256 g/mol. The monoisotopic (exact) mass is 274 g/mol. The summed E-state index contributed by atoms with van der Waals surface area (Å²) in [6.07, 6.45) is 1.03. The predicted octanol–water partition coefficient (Wildman–Crippen LogP) is 3.29. The summed E-state index contributed by atoms with van der Waals surface area (Å²) >= 11 is 1.50. The molecule has 19 heavy (non-hydrogen) atoms. The number of amides is 1. The molecule has 0 radical (unpaired) electrons. The molecule has 2 rings (SSSR count). The number of rotatable bonds is 4. The summed E-state index contributed by atoms with van der Waals surface area (Å²) in [4.78, 5) is 18.1. The topological polar surface area (TPSA) is 33.2 Å². The van der Waals surface area contributed by atoms with Gasteiger partial charge >= 0.3 is 0 Å². The molecule has 0 atom stereocenters. The highest BCUT2D eigenvalue weighted by molar-refractivity contribution is 7.09. The maximum Gasteiger partial charge on any atom is 0.273 e. The fourth-order valence-corrected chi connectivity index (χ4v) is 2.47. The summed E-state index contributed by atoms with van der Waals surface area (Å²) in [6.45, 7) is 4.65. The second kappa shape index (κ2) is 5.97. The quantitative estimate of drug-likeness (QED) is 0.857. The van der Waals surface area contributed by atoms with Crippen molar-refractivity contribution in [3.8, 4) is 0 Å². The van der Waals surface area contributed by atoms with Crippen molar-refractivity contribution in [1.29, 1.82) is 0 Å². The Hall–Kier alpha value is -1.68. The van der Waals surface area contributed by atoms with Gasteiger partial charge in [0.25, 0.3) is 5.91 Å². The van der Waals surface area contributed by atoms with Gasteiger partial charge in [0.2, 0.25) is 0 Å². The lowest BCUT2D eigenvalue weighted by Gasteiger charge is -2.16. The minimum absolute atomic E-state index is 0.0241. The number of benzene rings is 1. The van der Waals surface area contributed by atoms with Gasteiger partial charge in [-0.25, -0.2) is 4.98 Å². The molecule has 1 amide bonds. The summed E-state index contributed by atoms with van der Waals surface area (Å²) in [5.41, 5.74) is 2.99. The summed E-state index contributed by atoms with van der Waals surface area (Å²) in [5.74, 6) is -0.0241. The van der Waals surface area contributed by atoms with Crippen LogP contribution in [0.2, 0.25) is 0 Å². The van der Waals surface area contributed by atoms with Crippen molar-refractivity contribution in [3.63, 3.8) is 0 Å². The molecule has 1 aromatic heterocycles. The average molecular weight is 274 g/mol. The number of hydrogen-bond acceptors (Lipinski definition) is 3. The van der Waals surface area contributed by atoms with Crippen molar-refractivity contribution in [2.75, 3.05) is 7.05 Å². The zero-order valence-corrected chi connectivity index (χ0v) is 12.3. The molecule has 4 heteroatoms. The van der Waals surface area contributed by atoms with E-state index in [4.69, 9.17) is 0 Å². The van der Waals surface area contributed by atoms with Crippen LogP contribution in [0, 0.1) is 6.92 Å². The number of nitrogens with zero attached hydrogens (tertiary/aromatic N) is 2. The van der Waals surface area contributed by atoms with Gasteiger partial charge in [-0.15, -0.1) is 11.3 Å². The Morgan fingerprint density at radius 2 is 1.89 bits per heavy atom. The van der Waals surface area contributed by atoms with Crippen LogP contribution >= 0.6 is 11.3 Å². The molecule has 100 valence electrons. The summed E-state index contributed by atoms with van der Waals surface area (Å²) < 4.78 is 0. The lowest BCUT2D eigenvalue weighted by molar-refractivity contribution is 0.0780. The van der Waals surface area contributed by atoms with E-state index in [1.54, 1.807) is 4.90 Å². The number of carbonyl (C=O) groups is 1. The Bertz CT molecular complexity index is 560. The van der Waals surface area contributed by atoms with E-state index in [1.165, 1.54) is 16.9 Å². The van der Waals surface area contributed by atoms with E-state index in [2.05, 4.69) is 36.2 Å². The first-order valence-electron chi connectivity index (χ1n) is 6.35. The Kier molecular flexibility index (Phi) is 4.32. The number of carbonyl (C=O) groups excluding carboxylic acids is 1. The molecule has 0 aliphatic heterocycles. The Labute approximate surface area is 117 Å². The minimum atomic E-state index is -0.0241. The number of aryl methyl sites for hydroxylation is 2. The zero-order chi connectivity index (χ0) is 13.8. The highest BCUT2D eigenvalue weighted by Crippen LogP contribution is 2.12. The molecular formula is C15H18N2OS. The van der Waals surface area contributed by atoms with Gasteiger partial charge in [0.1, 0.15) is 5.69 Å². The number of thiazole rings is 1. The van der Waals surface area contributed by atoms with Crippen LogP contribution in [0.25, 0.3) is 0 Å². The first-order valence-corrected chi connectivity index (χ1v) is 7.23. The molecule has 1 heterocycles. The fourth-order valence-electron chi connectivity index (χ4n) is 1.88. The van der Waals surface area contributed by atoms with Crippen molar-refractivity contribution in [2.24, 2.45) is 0 Å². The smallest absolute Gasteiger partial charge is 0.273 e. The average Bonchev–Trinajstić information content (AvgIpc) is 2.85. The molecule has 3 nitrogen and oxygen atoms in total. The van der Waals surface area contributed by atoms with E-state index in [0.29, 0.717) is 12.2 Å². The first kappa shape index (κ1) is 13.7. The standard InChI is InChI=1S/C15H18N2OS/c1-4-12-5-7-13(8-6-12)9-17(3)15(18)14-10-19-11(2)16-14/h5-8,10H,4,9H2,1-3H3. The van der Waals surface area contributed by atoms with Gasteiger partial charge in [0.15, 0.2) is 0 Å². The Balaban J connectivity index is 2.03. The molecule has 0 unspecified atom stereocenters. The molecule has 0 N–H and O–H groups in total. The van der Waals surface area contributed by atoms with Gasteiger partial charge in [-0.05, 0) is 24.5 Å². The Morgan fingerprint density at radius 1 is 1.26 bits per heavy atom. The van der Waals surface area contributed by atoms with E-state index in [-0.39, 0.29) is 5.91 Å². The van der Waals surface area contributed by atoms with Gasteiger partial charge < -0.3 is 4.90 Å². The lowest BCUT2D eigenvalue weighted by Crippen LogP contribution is -2.26. The van der Waals surface area contributed by atoms with E-state index < -0.39 is 0 Å². The molecule has 0 bridgehead atoms. The van der Waals surface area contributed by atoms with Crippen LogP contribution in [-0.2, 0) is 13.0 Å². The molecule has 1 aromatic carbocycles. The molecule has 0 fully saturated rings. The van der Waals surface area contributed by atoms with Crippen molar-refractivity contribution in [3.05, 3.63) is 51.5 Å². The van der Waals surface area contributed by atoms with Gasteiger partial charge in [0, 0.05) is 19.0 Å². The van der Waals surface area contributed by atoms with E-state index in [1.807, 2.05) is 19.4 Å². The highest BCUT2D eigenvalue weighted by atomic mass is 32.1. The maximum absolute atomic E-state index is 12.2. The third-order valence-corrected chi connectivity index (χ3v) is 3.81. The molecule has 0 spiro atoms. The molecule has 0 aliphatic rings. The van der Waals surface area contributed by atoms with Crippen LogP contribution in [0.1, 0.15) is 33.5 Å². The number of aromatic nitrogens is 1. The Morgan fingerprint density at radius 3 is 2.42 bits per heavy atom. The predicted molar refractivity (Wildman–Crippen MR) is 78.5 cm³/mol. The lowest BCUT2D eigenvalue weighted by atomic mass is 10.1. The van der Waals surface area contributed by atoms with Crippen molar-refractivity contribution >= 4 is 17.2 Å². The van der Waals surface area contributed by atoms with Crippen molar-refractivity contribution < 1.29 is 4.79 Å². The van der Waals surface area contributed by atoms with Crippen molar-refractivity contribution in [1.82, 2.24) is 9.88 Å². The van der Waals surface area contributed by atoms with Gasteiger partial charge in [-0.2, -0.15) is 0 Å². The number of hydrogen-bond donors (Lipinski definition) is 0. The van der Waals surface area contributed by atoms with Crippen molar-refractivity contribution in [2.45, 2.75) is 26.8 Å². The largest absolute Gasteiger partial charge is 0.336 e. The normalized spacial score (nSPS) is 10.5. The van der Waals surface area contributed by atoms with Crippen LogP contribution in [-0.4, -0.2) is 22.8 Å². The van der Waals surface area contributed by atoms with Crippen LogP contribution in [0.5, 0.6) is 0 Å². The molecule has 0 saturated carbocycles. The summed E-state index contributed by atoms with van der Waals surface area (Å²) in [6, 6.07) is 8.38. The zero-order valence-electron chi connectivity index (χ0n) is 11.5. The third kappa shape index (κ3) is 3.41. The first-order chi connectivity index (χ1) is 9.10. The summed E-state index contributed by atoms with van der Waals surface area (Å²) in [7, 11) is 1.81. The minimum Gasteiger partial charge on any atom is -0.336 e. The van der Waals surface area contributed by atoms with E-state index in [9.17, 15) is 4.79 Å². The summed E-state index contributed by atoms with van der Waals surface area (Å²) in [5, 5.41) is 2.73. The van der Waals surface area contributed by atoms with Gasteiger partial charge in [-0.1, -0.05) is 31.2 Å².